The molecule has 0 aromatic rings. The topological polar surface area (TPSA) is 40.5 Å². The first-order valence-electron chi connectivity index (χ1n) is 6.45. The maximum Gasteiger partial charge on any atom is 0.317 e. The number of aliphatic carboxylic acids is 1. The Morgan fingerprint density at radius 3 is 2.12 bits per heavy atom. The van der Waals surface area contributed by atoms with E-state index in [4.69, 9.17) is 5.11 Å². The Labute approximate surface area is 97.8 Å². The highest BCUT2D eigenvalue weighted by Crippen LogP contribution is 2.40. The molecular formula is C13H23NO2. The third-order valence-electron chi connectivity index (χ3n) is 4.11. The van der Waals surface area contributed by atoms with Gasteiger partial charge < -0.3 is 5.11 Å². The third-order valence-corrected chi connectivity index (χ3v) is 4.11. The van der Waals surface area contributed by atoms with Gasteiger partial charge in [0.15, 0.2) is 0 Å². The van der Waals surface area contributed by atoms with Gasteiger partial charge in [0.05, 0.1) is 6.54 Å². The average molecular weight is 225 g/mol. The second kappa shape index (κ2) is 4.36. The van der Waals surface area contributed by atoms with Gasteiger partial charge in [-0.3, -0.25) is 9.69 Å². The van der Waals surface area contributed by atoms with Crippen LogP contribution in [0, 0.1) is 5.41 Å². The smallest absolute Gasteiger partial charge is 0.317 e. The summed E-state index contributed by atoms with van der Waals surface area (Å²) in [6, 6.07) is 1.10. The summed E-state index contributed by atoms with van der Waals surface area (Å²) in [7, 11) is 0. The number of carboxylic acid groups (broad SMARTS) is 1. The van der Waals surface area contributed by atoms with E-state index in [1.165, 1.54) is 38.5 Å². The monoisotopic (exact) mass is 225 g/mol. The zero-order valence-electron chi connectivity index (χ0n) is 10.4. The summed E-state index contributed by atoms with van der Waals surface area (Å²) in [5.74, 6) is -0.670. The van der Waals surface area contributed by atoms with Gasteiger partial charge in [0.25, 0.3) is 0 Å². The molecule has 0 atom stereocenters. The largest absolute Gasteiger partial charge is 0.480 e. The van der Waals surface area contributed by atoms with Gasteiger partial charge in [-0.25, -0.2) is 0 Å². The summed E-state index contributed by atoms with van der Waals surface area (Å²) in [5, 5.41) is 8.95. The minimum absolute atomic E-state index is 0.246. The standard InChI is InChI=1S/C13H23NO2/c1-13(2)7-5-11(6-8-13)14(9-12(15)16)10-3-4-10/h10-11H,3-9H2,1-2H3,(H,15,16). The fourth-order valence-electron chi connectivity index (χ4n) is 2.83. The molecule has 0 unspecified atom stereocenters. The lowest BCUT2D eigenvalue weighted by Gasteiger charge is -2.39. The fourth-order valence-corrected chi connectivity index (χ4v) is 2.83. The van der Waals surface area contributed by atoms with Crippen molar-refractivity contribution in [1.82, 2.24) is 4.90 Å². The molecule has 0 radical (unpaired) electrons. The van der Waals surface area contributed by atoms with Crippen LogP contribution in [0.3, 0.4) is 0 Å². The molecule has 2 fully saturated rings. The molecule has 0 saturated heterocycles. The molecule has 92 valence electrons. The van der Waals surface area contributed by atoms with Crippen molar-refractivity contribution in [3.05, 3.63) is 0 Å². The number of carbonyl (C=O) groups is 1. The Morgan fingerprint density at radius 2 is 1.69 bits per heavy atom. The molecule has 0 heterocycles. The van der Waals surface area contributed by atoms with E-state index in [0.29, 0.717) is 17.5 Å². The molecule has 2 aliphatic rings. The molecule has 3 nitrogen and oxygen atoms in total. The highest BCUT2D eigenvalue weighted by molar-refractivity contribution is 5.69. The molecular weight excluding hydrogens is 202 g/mol. The van der Waals surface area contributed by atoms with Gasteiger partial charge in [-0.05, 0) is 43.9 Å². The first kappa shape index (κ1) is 11.9. The van der Waals surface area contributed by atoms with E-state index in [1.807, 2.05) is 0 Å². The van der Waals surface area contributed by atoms with Crippen LogP contribution >= 0.6 is 0 Å². The maximum atomic E-state index is 10.9. The van der Waals surface area contributed by atoms with Crippen LogP contribution in [0.5, 0.6) is 0 Å². The fraction of sp³-hybridized carbons (Fsp3) is 0.923. The Kier molecular flexibility index (Phi) is 3.24. The third kappa shape index (κ3) is 2.97. The van der Waals surface area contributed by atoms with Crippen molar-refractivity contribution in [2.45, 2.75) is 64.5 Å². The molecule has 3 heteroatoms. The van der Waals surface area contributed by atoms with Gasteiger partial charge in [0.2, 0.25) is 0 Å². The highest BCUT2D eigenvalue weighted by atomic mass is 16.4. The van der Waals surface area contributed by atoms with Crippen LogP contribution in [0.25, 0.3) is 0 Å². The number of rotatable bonds is 4. The lowest BCUT2D eigenvalue weighted by atomic mass is 9.75. The summed E-state index contributed by atoms with van der Waals surface area (Å²) in [6.45, 7) is 4.89. The Hall–Kier alpha value is -0.570. The zero-order chi connectivity index (χ0) is 11.8. The van der Waals surface area contributed by atoms with E-state index in [-0.39, 0.29) is 6.54 Å². The van der Waals surface area contributed by atoms with Gasteiger partial charge in [0, 0.05) is 12.1 Å². The van der Waals surface area contributed by atoms with Crippen molar-refractivity contribution >= 4 is 5.97 Å². The second-order valence-corrected chi connectivity index (χ2v) is 6.19. The average Bonchev–Trinajstić information content (AvgIpc) is 2.97. The lowest BCUT2D eigenvalue weighted by Crippen LogP contribution is -2.43. The van der Waals surface area contributed by atoms with Gasteiger partial charge in [-0.2, -0.15) is 0 Å². The molecule has 0 aromatic heterocycles. The van der Waals surface area contributed by atoms with Gasteiger partial charge in [0.1, 0.15) is 0 Å². The van der Waals surface area contributed by atoms with E-state index in [9.17, 15) is 4.79 Å². The maximum absolute atomic E-state index is 10.9. The Morgan fingerprint density at radius 1 is 1.19 bits per heavy atom. The van der Waals surface area contributed by atoms with E-state index in [0.717, 1.165) is 0 Å². The summed E-state index contributed by atoms with van der Waals surface area (Å²) >= 11 is 0. The Bertz CT molecular complexity index is 261. The predicted molar refractivity (Wildman–Crippen MR) is 63.4 cm³/mol. The summed E-state index contributed by atoms with van der Waals surface area (Å²) in [5.41, 5.74) is 0.467. The van der Waals surface area contributed by atoms with Crippen LogP contribution in [0.15, 0.2) is 0 Å². The Balaban J connectivity index is 1.91. The van der Waals surface area contributed by atoms with Crippen molar-refractivity contribution in [3.8, 4) is 0 Å². The molecule has 1 N–H and O–H groups in total. The van der Waals surface area contributed by atoms with E-state index in [1.54, 1.807) is 0 Å². The molecule has 0 aromatic carbocycles. The van der Waals surface area contributed by atoms with E-state index in [2.05, 4.69) is 18.7 Å². The second-order valence-electron chi connectivity index (χ2n) is 6.19. The zero-order valence-corrected chi connectivity index (χ0v) is 10.4. The molecule has 2 rings (SSSR count). The molecule has 2 saturated carbocycles. The molecule has 2 aliphatic carbocycles. The first-order valence-corrected chi connectivity index (χ1v) is 6.45. The van der Waals surface area contributed by atoms with E-state index < -0.39 is 5.97 Å². The minimum atomic E-state index is -0.670. The normalized spacial score (nSPS) is 25.9. The van der Waals surface area contributed by atoms with Crippen LogP contribution in [-0.4, -0.2) is 34.6 Å². The van der Waals surface area contributed by atoms with Crippen molar-refractivity contribution in [2.24, 2.45) is 5.41 Å². The number of nitrogens with zero attached hydrogens (tertiary/aromatic N) is 1. The molecule has 0 aliphatic heterocycles. The lowest BCUT2D eigenvalue weighted by molar-refractivity contribution is -0.139. The van der Waals surface area contributed by atoms with Crippen molar-refractivity contribution in [1.29, 1.82) is 0 Å². The van der Waals surface area contributed by atoms with Crippen LogP contribution in [0.4, 0.5) is 0 Å². The molecule has 16 heavy (non-hydrogen) atoms. The molecule has 0 bridgehead atoms. The molecule has 0 spiro atoms. The van der Waals surface area contributed by atoms with Crippen molar-refractivity contribution in [3.63, 3.8) is 0 Å². The number of hydrogen-bond acceptors (Lipinski definition) is 2. The summed E-state index contributed by atoms with van der Waals surface area (Å²) in [4.78, 5) is 13.1. The summed E-state index contributed by atoms with van der Waals surface area (Å²) in [6.07, 6.45) is 7.23. The highest BCUT2D eigenvalue weighted by Gasteiger charge is 2.38. The van der Waals surface area contributed by atoms with Gasteiger partial charge >= 0.3 is 5.97 Å². The van der Waals surface area contributed by atoms with Crippen LogP contribution in [0.2, 0.25) is 0 Å². The van der Waals surface area contributed by atoms with Gasteiger partial charge in [-0.15, -0.1) is 0 Å². The predicted octanol–water partition coefficient (Wildman–Crippen LogP) is 2.50. The number of hydrogen-bond donors (Lipinski definition) is 1. The van der Waals surface area contributed by atoms with Crippen LogP contribution in [0.1, 0.15) is 52.4 Å². The number of carboxylic acids is 1. The first-order chi connectivity index (χ1) is 7.48. The molecule has 0 amide bonds. The minimum Gasteiger partial charge on any atom is -0.480 e. The van der Waals surface area contributed by atoms with Gasteiger partial charge in [-0.1, -0.05) is 13.8 Å². The SMILES string of the molecule is CC1(C)CCC(N(CC(=O)O)C2CC2)CC1. The van der Waals surface area contributed by atoms with Crippen molar-refractivity contribution < 1.29 is 9.90 Å². The van der Waals surface area contributed by atoms with Crippen LogP contribution < -0.4 is 0 Å². The van der Waals surface area contributed by atoms with Crippen LogP contribution in [-0.2, 0) is 4.79 Å². The van der Waals surface area contributed by atoms with Crippen molar-refractivity contribution in [2.75, 3.05) is 6.54 Å². The van der Waals surface area contributed by atoms with E-state index >= 15 is 0 Å². The summed E-state index contributed by atoms with van der Waals surface area (Å²) < 4.78 is 0. The quantitative estimate of drug-likeness (QED) is 0.799.